The molecule has 0 bridgehead atoms. The van der Waals surface area contributed by atoms with Crippen molar-refractivity contribution in [1.82, 2.24) is 9.13 Å². The van der Waals surface area contributed by atoms with Crippen LogP contribution >= 0.6 is 0 Å². The first-order valence-corrected chi connectivity index (χ1v) is 6.65. The lowest BCUT2D eigenvalue weighted by Gasteiger charge is -2.13. The van der Waals surface area contributed by atoms with Gasteiger partial charge in [-0.05, 0) is 31.2 Å². The van der Waals surface area contributed by atoms with Crippen molar-refractivity contribution >= 4 is 0 Å². The molecule has 1 heterocycles. The maximum atomic E-state index is 12.7. The van der Waals surface area contributed by atoms with Gasteiger partial charge in [-0.3, -0.25) is 9.36 Å². The summed E-state index contributed by atoms with van der Waals surface area (Å²) < 4.78 is 2.72. The van der Waals surface area contributed by atoms with Gasteiger partial charge in [-0.25, -0.2) is 9.36 Å². The van der Waals surface area contributed by atoms with Crippen molar-refractivity contribution in [3.8, 4) is 11.4 Å². The summed E-state index contributed by atoms with van der Waals surface area (Å²) in [5.74, 6) is 0. The highest BCUT2D eigenvalue weighted by molar-refractivity contribution is 5.36. The third-order valence-corrected chi connectivity index (χ3v) is 3.32. The number of nitrogens with zero attached hydrogens (tertiary/aromatic N) is 2. The van der Waals surface area contributed by atoms with Crippen molar-refractivity contribution in [2.24, 2.45) is 0 Å². The van der Waals surface area contributed by atoms with Crippen molar-refractivity contribution in [1.29, 1.82) is 0 Å². The Kier molecular flexibility index (Phi) is 3.28. The molecule has 4 nitrogen and oxygen atoms in total. The summed E-state index contributed by atoms with van der Waals surface area (Å²) in [4.78, 5) is 24.9. The molecule has 0 saturated carbocycles. The lowest BCUT2D eigenvalue weighted by molar-refractivity contribution is 0.778. The summed E-state index contributed by atoms with van der Waals surface area (Å²) in [6, 6.07) is 19.7. The largest absolute Gasteiger partial charge is 0.340 e. The Bertz CT molecular complexity index is 878. The van der Waals surface area contributed by atoms with Crippen LogP contribution in [0.25, 0.3) is 11.4 Å². The van der Waals surface area contributed by atoms with Gasteiger partial charge in [0.1, 0.15) is 0 Å². The van der Waals surface area contributed by atoms with Crippen LogP contribution in [0.4, 0.5) is 0 Å². The molecule has 0 aliphatic heterocycles. The normalized spacial score (nSPS) is 10.5. The van der Waals surface area contributed by atoms with Crippen molar-refractivity contribution in [3.63, 3.8) is 0 Å². The quantitative estimate of drug-likeness (QED) is 0.722. The maximum absolute atomic E-state index is 12.7. The second kappa shape index (κ2) is 5.25. The average molecular weight is 278 g/mol. The smallest absolute Gasteiger partial charge is 0.269 e. The van der Waals surface area contributed by atoms with E-state index >= 15 is 0 Å². The highest BCUT2D eigenvalue weighted by Crippen LogP contribution is 2.07. The van der Waals surface area contributed by atoms with Crippen LogP contribution in [0.15, 0.2) is 76.3 Å². The van der Waals surface area contributed by atoms with Gasteiger partial charge in [-0.15, -0.1) is 0 Å². The SMILES string of the molecule is Cc1cc(=O)n(-c2ccccc2)c(=O)n1-c1ccccc1. The number of aromatic nitrogens is 2. The third kappa shape index (κ3) is 2.31. The first-order valence-electron chi connectivity index (χ1n) is 6.65. The van der Waals surface area contributed by atoms with Gasteiger partial charge in [0.25, 0.3) is 5.56 Å². The summed E-state index contributed by atoms with van der Waals surface area (Å²) in [5, 5.41) is 0. The Labute approximate surface area is 121 Å². The summed E-state index contributed by atoms with van der Waals surface area (Å²) in [7, 11) is 0. The summed E-state index contributed by atoms with van der Waals surface area (Å²) in [6.07, 6.45) is 0. The molecule has 0 aliphatic rings. The monoisotopic (exact) mass is 278 g/mol. The van der Waals surface area contributed by atoms with Crippen LogP contribution in [0.2, 0.25) is 0 Å². The zero-order valence-corrected chi connectivity index (χ0v) is 11.6. The molecule has 104 valence electrons. The van der Waals surface area contributed by atoms with E-state index in [2.05, 4.69) is 0 Å². The van der Waals surface area contributed by atoms with Gasteiger partial charge in [0.05, 0.1) is 11.4 Å². The minimum atomic E-state index is -0.364. The number of rotatable bonds is 2. The van der Waals surface area contributed by atoms with E-state index in [1.165, 1.54) is 15.2 Å². The van der Waals surface area contributed by atoms with Gasteiger partial charge in [-0.2, -0.15) is 0 Å². The van der Waals surface area contributed by atoms with Crippen molar-refractivity contribution in [2.45, 2.75) is 6.92 Å². The maximum Gasteiger partial charge on any atom is 0.340 e. The van der Waals surface area contributed by atoms with Crippen LogP contribution in [0, 0.1) is 6.92 Å². The molecule has 0 radical (unpaired) electrons. The molecule has 21 heavy (non-hydrogen) atoms. The van der Waals surface area contributed by atoms with E-state index in [0.717, 1.165) is 5.69 Å². The van der Waals surface area contributed by atoms with Crippen molar-refractivity contribution in [2.75, 3.05) is 0 Å². The van der Waals surface area contributed by atoms with Gasteiger partial charge in [0, 0.05) is 11.8 Å². The number of hydrogen-bond acceptors (Lipinski definition) is 2. The molecule has 2 aromatic carbocycles. The molecular weight excluding hydrogens is 264 g/mol. The number of aryl methyl sites for hydroxylation is 1. The third-order valence-electron chi connectivity index (χ3n) is 3.32. The van der Waals surface area contributed by atoms with Crippen molar-refractivity contribution in [3.05, 3.63) is 93.3 Å². The second-order valence-corrected chi connectivity index (χ2v) is 4.75. The first-order chi connectivity index (χ1) is 10.2. The topological polar surface area (TPSA) is 44.0 Å². The summed E-state index contributed by atoms with van der Waals surface area (Å²) in [6.45, 7) is 1.76. The number of benzene rings is 2. The van der Waals surface area contributed by atoms with E-state index in [9.17, 15) is 9.59 Å². The predicted octanol–water partition coefficient (Wildman–Crippen LogP) is 2.30. The Morgan fingerprint density at radius 2 is 1.19 bits per heavy atom. The lowest BCUT2D eigenvalue weighted by atomic mass is 10.3. The van der Waals surface area contributed by atoms with Gasteiger partial charge in [0.15, 0.2) is 0 Å². The molecule has 0 fully saturated rings. The van der Waals surface area contributed by atoms with E-state index in [4.69, 9.17) is 0 Å². The molecule has 0 atom stereocenters. The lowest BCUT2D eigenvalue weighted by Crippen LogP contribution is -2.38. The molecule has 3 aromatic rings. The zero-order valence-electron chi connectivity index (χ0n) is 11.6. The molecule has 0 N–H and O–H groups in total. The minimum absolute atomic E-state index is 0.323. The summed E-state index contributed by atoms with van der Waals surface area (Å²) in [5.41, 5.74) is 1.23. The molecule has 0 unspecified atom stereocenters. The Hall–Kier alpha value is -2.88. The molecule has 4 heteroatoms. The van der Waals surface area contributed by atoms with E-state index in [0.29, 0.717) is 11.4 Å². The van der Waals surface area contributed by atoms with Crippen LogP contribution in [0.1, 0.15) is 5.69 Å². The first kappa shape index (κ1) is 13.1. The highest BCUT2D eigenvalue weighted by atomic mass is 16.2. The zero-order chi connectivity index (χ0) is 14.8. The van der Waals surface area contributed by atoms with Crippen LogP contribution in [-0.4, -0.2) is 9.13 Å². The molecule has 0 aliphatic carbocycles. The van der Waals surface area contributed by atoms with E-state index in [-0.39, 0.29) is 11.2 Å². The van der Waals surface area contributed by atoms with Gasteiger partial charge in [0.2, 0.25) is 0 Å². The van der Waals surface area contributed by atoms with Gasteiger partial charge < -0.3 is 0 Å². The van der Waals surface area contributed by atoms with Crippen LogP contribution < -0.4 is 11.2 Å². The fourth-order valence-corrected chi connectivity index (χ4v) is 2.36. The molecule has 0 spiro atoms. The number of para-hydroxylation sites is 2. The second-order valence-electron chi connectivity index (χ2n) is 4.75. The Morgan fingerprint density at radius 3 is 1.71 bits per heavy atom. The fraction of sp³-hybridized carbons (Fsp3) is 0.0588. The van der Waals surface area contributed by atoms with E-state index in [1.54, 1.807) is 31.2 Å². The standard InChI is InChI=1S/C17H14N2O2/c1-13-12-16(20)19(15-10-6-3-7-11-15)17(21)18(13)14-8-4-2-5-9-14/h2-12H,1H3. The van der Waals surface area contributed by atoms with E-state index in [1.807, 2.05) is 36.4 Å². The van der Waals surface area contributed by atoms with Gasteiger partial charge in [-0.1, -0.05) is 36.4 Å². The van der Waals surface area contributed by atoms with Crippen molar-refractivity contribution < 1.29 is 0 Å². The van der Waals surface area contributed by atoms with Crippen LogP contribution in [0.5, 0.6) is 0 Å². The minimum Gasteiger partial charge on any atom is -0.269 e. The highest BCUT2D eigenvalue weighted by Gasteiger charge is 2.11. The molecule has 0 amide bonds. The predicted molar refractivity (Wildman–Crippen MR) is 82.4 cm³/mol. The van der Waals surface area contributed by atoms with Gasteiger partial charge >= 0.3 is 5.69 Å². The average Bonchev–Trinajstić information content (AvgIpc) is 2.49. The number of hydrogen-bond donors (Lipinski definition) is 0. The molecule has 3 rings (SSSR count). The summed E-state index contributed by atoms with van der Waals surface area (Å²) >= 11 is 0. The molecule has 0 saturated heterocycles. The Morgan fingerprint density at radius 1 is 0.714 bits per heavy atom. The Balaban J connectivity index is 2.35. The molecular formula is C17H14N2O2. The van der Waals surface area contributed by atoms with Crippen LogP contribution in [0.3, 0.4) is 0 Å². The van der Waals surface area contributed by atoms with E-state index < -0.39 is 0 Å². The fourth-order valence-electron chi connectivity index (χ4n) is 2.36. The van der Waals surface area contributed by atoms with Crippen LogP contribution in [-0.2, 0) is 0 Å². The molecule has 1 aromatic heterocycles.